The Labute approximate surface area is 494 Å². The van der Waals surface area contributed by atoms with E-state index in [2.05, 4.69) is 20.9 Å². The maximum atomic E-state index is 12.4. The molecule has 9 fully saturated rings. The highest BCUT2D eigenvalue weighted by Gasteiger charge is 2.63. The van der Waals surface area contributed by atoms with Crippen LogP contribution in [0.15, 0.2) is 0 Å². The maximum absolute atomic E-state index is 12.4. The molecule has 9 aliphatic heterocycles. The van der Waals surface area contributed by atoms with E-state index >= 15 is 0 Å². The molecule has 88 heavy (non-hydrogen) atoms. The van der Waals surface area contributed by atoms with Crippen molar-refractivity contribution in [3.8, 4) is 0 Å². The van der Waals surface area contributed by atoms with Crippen molar-refractivity contribution in [2.75, 3.05) is 39.6 Å². The van der Waals surface area contributed by atoms with Crippen LogP contribution in [-0.4, -0.2) is 343 Å². The fourth-order valence-electron chi connectivity index (χ4n) is 11.0. The Bertz CT molecular complexity index is 3120. The SMILES string of the molecule is O=S(=O)([O-])O[C@@H]1[C@H](O[C@H]2O[C@@H]3CO[C@@H]([C@H]3O[C@@H]3O[C@H](CO)[C@H](OS(=O)(=O)[O-])[C@H](O[C@H]4O[C@@H]5CO[C@@H]([C@H]5O[C@@H]5O[C@H](CO)[C@H](OS(=O)(=O)[O-])[C@H](O[C@H]6O[C@@H]7CO[C@@H]([C@H]7O)[C@H]6OS(=O)(=O)[O-])[C@H]5O)[C@H]4OS(=O)(=O)[O-])[C@H]3O)[C@H]2OS(=O)(=O)[O-])[C@@H](O)[C@H](O)O[C@@H]1CO. The molecular weight excluding hydrogens is 1360 g/mol. The lowest BCUT2D eigenvalue weighted by molar-refractivity contribution is -0.376. The molecule has 0 amide bonds. The summed E-state index contributed by atoms with van der Waals surface area (Å²) in [7, 11) is -35.5. The Morgan fingerprint density at radius 2 is 0.580 bits per heavy atom. The number of aliphatic hydroxyl groups is 8. The van der Waals surface area contributed by atoms with E-state index in [1.807, 2.05) is 0 Å². The predicted octanol–water partition coefficient (Wildman–Crippen LogP) is -14.1. The van der Waals surface area contributed by atoms with Crippen LogP contribution in [0.3, 0.4) is 0 Å². The zero-order chi connectivity index (χ0) is 64.7. The Kier molecular flexibility index (Phi) is 21.6. The number of aliphatic hydroxyl groups excluding tert-OH is 8. The Balaban J connectivity index is 0.975. The molecule has 0 unspecified atom stereocenters. The molecule has 9 aliphatic rings. The summed E-state index contributed by atoms with van der Waals surface area (Å²) in [6, 6.07) is 0. The highest BCUT2D eigenvalue weighted by Crippen LogP contribution is 2.44. The first-order valence-corrected chi connectivity index (χ1v) is 32.9. The van der Waals surface area contributed by atoms with Gasteiger partial charge in [-0.1, -0.05) is 0 Å². The first-order chi connectivity index (χ1) is 40.7. The van der Waals surface area contributed by atoms with Crippen molar-refractivity contribution in [2.45, 2.75) is 184 Å². The molecule has 9 heterocycles. The molecule has 0 radical (unpaired) electrons. The molecule has 0 spiro atoms. The molecule has 6 bridgehead atoms. The summed E-state index contributed by atoms with van der Waals surface area (Å²) in [5.41, 5.74) is 0. The monoisotopic (exact) mass is 1410 g/mol. The van der Waals surface area contributed by atoms with Crippen molar-refractivity contribution in [1.29, 1.82) is 0 Å². The lowest BCUT2D eigenvalue weighted by atomic mass is 9.96. The van der Waals surface area contributed by atoms with E-state index in [9.17, 15) is 119 Å². The van der Waals surface area contributed by atoms with Gasteiger partial charge in [0.15, 0.2) is 56.1 Å². The lowest BCUT2D eigenvalue weighted by Crippen LogP contribution is -2.67. The average Bonchev–Trinajstić information content (AvgIpc) is 1.45. The van der Waals surface area contributed by atoms with Crippen LogP contribution < -0.4 is 0 Å². The minimum absolute atomic E-state index is 0.509. The Hall–Kier alpha value is -1.66. The van der Waals surface area contributed by atoms with Gasteiger partial charge in [-0.2, -0.15) is 0 Å². The van der Waals surface area contributed by atoms with Gasteiger partial charge in [-0.05, 0) is 0 Å². The number of fused-ring (bicyclic) bond motifs is 6. The molecule has 512 valence electrons. The zero-order valence-electron chi connectivity index (χ0n) is 43.1. The molecule has 0 saturated carbocycles. The average molecular weight is 1410 g/mol. The van der Waals surface area contributed by atoms with E-state index < -0.39 is 286 Å². The summed E-state index contributed by atoms with van der Waals surface area (Å²) in [5, 5.41) is 85.8. The van der Waals surface area contributed by atoms with Crippen LogP contribution in [0.1, 0.15) is 0 Å². The van der Waals surface area contributed by atoms with Crippen LogP contribution in [0, 0.1) is 0 Å². The molecule has 52 heteroatoms. The van der Waals surface area contributed by atoms with Crippen molar-refractivity contribution < 1.29 is 210 Å². The summed E-state index contributed by atoms with van der Waals surface area (Å²) in [6.07, 6.45) is -67.3. The standard InChI is InChI=1S/C36H56O46S6/c37-1-7-19(77-83(45,46)47)23(14(41)31(44)66-7)74-35-29(81-87(57,58)59)26-17(11(70-35)5-64-26)72-33-16(43)25(21(9(3-39)68-33)79-85(51,52)53)76-36-30(82-88(60,61)62)27-18(12(71-36)6-65-27)73-32-15(42)24(20(8(2-38)67-32)78-84(48,49)50)75-34-28(80-86(54,55)56)22-13(40)10(69-34)4-63-22/h7-44H,1-6H2,(H,45,46,47)(H,48,49,50)(H,51,52,53)(H,54,55,56)(H,57,58,59)(H,60,61,62)/p-6/t7-,8-,9-,10-,11-,12-,13+,14-,15-,16-,17+,18+,19+,20+,21+,22+,23-,24-,25-,26+,27+,28-,29-,30-,31-,32+,33+,34-,35-,36-/m1/s1. The lowest BCUT2D eigenvalue weighted by Gasteiger charge is -2.49. The van der Waals surface area contributed by atoms with Crippen LogP contribution in [0.2, 0.25) is 0 Å². The van der Waals surface area contributed by atoms with Gasteiger partial charge < -0.3 is 134 Å². The van der Waals surface area contributed by atoms with E-state index in [0.717, 1.165) is 0 Å². The second kappa shape index (κ2) is 26.9. The van der Waals surface area contributed by atoms with Crippen molar-refractivity contribution in [3.05, 3.63) is 0 Å². The molecule has 46 nitrogen and oxygen atoms in total. The van der Waals surface area contributed by atoms with E-state index in [4.69, 9.17) is 70.5 Å². The largest absolute Gasteiger partial charge is 0.726 e. The first-order valence-electron chi connectivity index (χ1n) is 24.9. The number of hydrogen-bond donors (Lipinski definition) is 8. The van der Waals surface area contributed by atoms with Gasteiger partial charge in [0.1, 0.15) is 128 Å². The highest BCUT2D eigenvalue weighted by molar-refractivity contribution is 7.82. The summed E-state index contributed by atoms with van der Waals surface area (Å²) in [4.78, 5) is 0. The third kappa shape index (κ3) is 16.3. The molecule has 0 aromatic heterocycles. The molecule has 8 N–H and O–H groups in total. The third-order valence-electron chi connectivity index (χ3n) is 14.4. The quantitative estimate of drug-likeness (QED) is 0.0311. The highest BCUT2D eigenvalue weighted by atomic mass is 32.3. The molecule has 30 atom stereocenters. The van der Waals surface area contributed by atoms with E-state index in [1.165, 1.54) is 0 Å². The molecule has 0 aromatic rings. The van der Waals surface area contributed by atoms with Gasteiger partial charge >= 0.3 is 0 Å². The molecule has 0 aliphatic carbocycles. The van der Waals surface area contributed by atoms with E-state index in [0.29, 0.717) is 0 Å². The minimum Gasteiger partial charge on any atom is -0.726 e. The smallest absolute Gasteiger partial charge is 0.218 e. The van der Waals surface area contributed by atoms with Crippen LogP contribution in [0.25, 0.3) is 0 Å². The molecular formula is C36H50O46S6-6. The number of hydrogen-bond acceptors (Lipinski definition) is 46. The maximum Gasteiger partial charge on any atom is 0.218 e. The van der Waals surface area contributed by atoms with Crippen molar-refractivity contribution in [2.24, 2.45) is 0 Å². The van der Waals surface area contributed by atoms with Gasteiger partial charge in [0.2, 0.25) is 62.4 Å². The summed E-state index contributed by atoms with van der Waals surface area (Å²) < 4.78 is 322. The van der Waals surface area contributed by atoms with Gasteiger partial charge in [-0.3, -0.25) is 25.1 Å². The normalized spacial score (nSPS) is 46.0. The summed E-state index contributed by atoms with van der Waals surface area (Å²) >= 11 is 0. The van der Waals surface area contributed by atoms with Crippen molar-refractivity contribution in [3.63, 3.8) is 0 Å². The van der Waals surface area contributed by atoms with Crippen LogP contribution in [0.4, 0.5) is 0 Å². The first kappa shape index (κ1) is 70.7. The Morgan fingerprint density at radius 1 is 0.307 bits per heavy atom. The molecule has 9 rings (SSSR count). The van der Waals surface area contributed by atoms with E-state index in [1.54, 1.807) is 0 Å². The van der Waals surface area contributed by atoms with Crippen LogP contribution >= 0.6 is 0 Å². The third-order valence-corrected chi connectivity index (χ3v) is 17.1. The minimum atomic E-state index is -6.07. The van der Waals surface area contributed by atoms with Crippen molar-refractivity contribution >= 4 is 62.4 Å². The zero-order valence-corrected chi connectivity index (χ0v) is 48.0. The van der Waals surface area contributed by atoms with Crippen LogP contribution in [0.5, 0.6) is 0 Å². The number of ether oxygens (including phenoxy) is 14. The molecule has 9 saturated heterocycles. The number of rotatable bonds is 25. The summed E-state index contributed by atoms with van der Waals surface area (Å²) in [6.45, 7) is -6.14. The fraction of sp³-hybridized carbons (Fsp3) is 1.00. The summed E-state index contributed by atoms with van der Waals surface area (Å²) in [5.74, 6) is 0. The van der Waals surface area contributed by atoms with Gasteiger partial charge in [0.05, 0.1) is 39.6 Å². The molecule has 0 aromatic carbocycles. The predicted molar refractivity (Wildman–Crippen MR) is 240 cm³/mol. The van der Waals surface area contributed by atoms with Crippen molar-refractivity contribution in [1.82, 2.24) is 0 Å². The fourth-order valence-corrected chi connectivity index (χ4v) is 13.9. The Morgan fingerprint density at radius 3 is 0.920 bits per heavy atom. The second-order valence-electron chi connectivity index (χ2n) is 20.0. The van der Waals surface area contributed by atoms with Crippen LogP contribution in [-0.2, 0) is 154 Å². The van der Waals surface area contributed by atoms with Gasteiger partial charge in [0, 0.05) is 0 Å². The van der Waals surface area contributed by atoms with Gasteiger partial charge in [-0.25, -0.2) is 50.5 Å². The topological polar surface area (TPSA) is 690 Å². The second-order valence-corrected chi connectivity index (χ2v) is 26.1. The van der Waals surface area contributed by atoms with Gasteiger partial charge in [0.25, 0.3) is 0 Å². The van der Waals surface area contributed by atoms with Gasteiger partial charge in [-0.15, -0.1) is 0 Å². The van der Waals surface area contributed by atoms with E-state index in [-0.39, 0.29) is 0 Å².